The lowest BCUT2D eigenvalue weighted by molar-refractivity contribution is -0.143. The molecule has 3 rings (SSSR count). The Morgan fingerprint density at radius 3 is 2.61 bits per heavy atom. The summed E-state index contributed by atoms with van der Waals surface area (Å²) in [6, 6.07) is 16.7. The summed E-state index contributed by atoms with van der Waals surface area (Å²) >= 11 is 1.46. The van der Waals surface area contributed by atoms with E-state index in [2.05, 4.69) is 10.3 Å². The Morgan fingerprint density at radius 2 is 1.82 bits per heavy atom. The molecule has 7 heteroatoms. The minimum Gasteiger partial charge on any atom is -0.493 e. The zero-order valence-electron chi connectivity index (χ0n) is 15.4. The zero-order chi connectivity index (χ0) is 19.8. The number of aromatic nitrogens is 1. The van der Waals surface area contributed by atoms with Gasteiger partial charge in [0.15, 0.2) is 0 Å². The van der Waals surface area contributed by atoms with Crippen LogP contribution in [0.3, 0.4) is 0 Å². The molecule has 1 heterocycles. The first-order valence-corrected chi connectivity index (χ1v) is 9.64. The highest BCUT2D eigenvalue weighted by Gasteiger charge is 2.14. The third-order valence-corrected chi connectivity index (χ3v) is 4.79. The lowest BCUT2D eigenvalue weighted by Gasteiger charge is -2.10. The van der Waals surface area contributed by atoms with Gasteiger partial charge in [-0.3, -0.25) is 9.59 Å². The second-order valence-electron chi connectivity index (χ2n) is 5.77. The van der Waals surface area contributed by atoms with Gasteiger partial charge in [-0.15, -0.1) is 11.3 Å². The van der Waals surface area contributed by atoms with E-state index in [0.29, 0.717) is 17.9 Å². The van der Waals surface area contributed by atoms with Crippen molar-refractivity contribution >= 4 is 23.2 Å². The molecule has 1 N–H and O–H groups in total. The maximum Gasteiger partial charge on any atom is 0.325 e. The number of nitrogens with zero attached hydrogens (tertiary/aromatic N) is 1. The van der Waals surface area contributed by atoms with E-state index >= 15 is 0 Å². The van der Waals surface area contributed by atoms with E-state index in [4.69, 9.17) is 9.47 Å². The Balaban J connectivity index is 1.49. The maximum atomic E-state index is 12.3. The van der Waals surface area contributed by atoms with Crippen molar-refractivity contribution in [2.24, 2.45) is 0 Å². The Labute approximate surface area is 167 Å². The van der Waals surface area contributed by atoms with E-state index in [0.717, 1.165) is 15.4 Å². The molecule has 0 unspecified atom stereocenters. The fourth-order valence-electron chi connectivity index (χ4n) is 2.47. The summed E-state index contributed by atoms with van der Waals surface area (Å²) in [6.45, 7) is 2.19. The van der Waals surface area contributed by atoms with Gasteiger partial charge in [0.1, 0.15) is 23.9 Å². The standard InChI is InChI=1S/C21H20N2O4S/c1-2-26-18-11-7-6-10-17(18)20(25)22-13-19(24)27-14-16-12-23-21(28-16)15-8-4-3-5-9-15/h3-12H,2,13-14H2,1H3,(H,22,25). The lowest BCUT2D eigenvalue weighted by atomic mass is 10.2. The van der Waals surface area contributed by atoms with Gasteiger partial charge in [0.05, 0.1) is 17.0 Å². The van der Waals surface area contributed by atoms with E-state index in [9.17, 15) is 9.59 Å². The molecule has 28 heavy (non-hydrogen) atoms. The second kappa shape index (κ2) is 9.66. The van der Waals surface area contributed by atoms with Crippen molar-refractivity contribution in [1.29, 1.82) is 0 Å². The Kier molecular flexibility index (Phi) is 6.75. The van der Waals surface area contributed by atoms with Crippen LogP contribution in [-0.4, -0.2) is 30.0 Å². The molecule has 1 aromatic heterocycles. The molecule has 6 nitrogen and oxygen atoms in total. The average molecular weight is 396 g/mol. The summed E-state index contributed by atoms with van der Waals surface area (Å²) in [5.74, 6) is -0.420. The van der Waals surface area contributed by atoms with Gasteiger partial charge in [-0.05, 0) is 19.1 Å². The average Bonchev–Trinajstić information content (AvgIpc) is 3.21. The fraction of sp³-hybridized carbons (Fsp3) is 0.190. The second-order valence-corrected chi connectivity index (χ2v) is 6.89. The van der Waals surface area contributed by atoms with E-state index in [1.165, 1.54) is 11.3 Å². The predicted molar refractivity (Wildman–Crippen MR) is 107 cm³/mol. The van der Waals surface area contributed by atoms with Crippen LogP contribution >= 0.6 is 11.3 Å². The normalized spacial score (nSPS) is 10.3. The first kappa shape index (κ1) is 19.6. The number of nitrogens with one attached hydrogen (secondary N) is 1. The van der Waals surface area contributed by atoms with Gasteiger partial charge in [-0.2, -0.15) is 0 Å². The zero-order valence-corrected chi connectivity index (χ0v) is 16.2. The quantitative estimate of drug-likeness (QED) is 0.588. The number of rotatable bonds is 8. The molecule has 0 aliphatic heterocycles. The van der Waals surface area contributed by atoms with Gasteiger partial charge in [-0.1, -0.05) is 42.5 Å². The van der Waals surface area contributed by atoms with Gasteiger partial charge in [-0.25, -0.2) is 4.98 Å². The predicted octanol–water partition coefficient (Wildman–Crippen LogP) is 3.68. The highest BCUT2D eigenvalue weighted by molar-refractivity contribution is 7.15. The molecule has 0 fully saturated rings. The first-order valence-electron chi connectivity index (χ1n) is 8.83. The van der Waals surface area contributed by atoms with Crippen LogP contribution in [0.5, 0.6) is 5.75 Å². The van der Waals surface area contributed by atoms with Crippen molar-refractivity contribution in [2.45, 2.75) is 13.5 Å². The maximum absolute atomic E-state index is 12.3. The van der Waals surface area contributed by atoms with Gasteiger partial charge < -0.3 is 14.8 Å². The Morgan fingerprint density at radius 1 is 1.07 bits per heavy atom. The molecular formula is C21H20N2O4S. The van der Waals surface area contributed by atoms with Crippen LogP contribution in [0.2, 0.25) is 0 Å². The van der Waals surface area contributed by atoms with Crippen LogP contribution in [0.4, 0.5) is 0 Å². The number of amides is 1. The van der Waals surface area contributed by atoms with Crippen molar-refractivity contribution in [3.8, 4) is 16.3 Å². The summed E-state index contributed by atoms with van der Waals surface area (Å²) < 4.78 is 10.7. The molecule has 3 aromatic rings. The van der Waals surface area contributed by atoms with Crippen molar-refractivity contribution < 1.29 is 19.1 Å². The van der Waals surface area contributed by atoms with E-state index in [1.807, 2.05) is 37.3 Å². The number of thiazole rings is 1. The van der Waals surface area contributed by atoms with Gasteiger partial charge >= 0.3 is 5.97 Å². The molecule has 0 atom stereocenters. The molecule has 2 aromatic carbocycles. The van der Waals surface area contributed by atoms with Crippen LogP contribution in [0.25, 0.3) is 10.6 Å². The Hall–Kier alpha value is -3.19. The molecule has 0 saturated heterocycles. The highest BCUT2D eigenvalue weighted by Crippen LogP contribution is 2.25. The number of carbonyl (C=O) groups excluding carboxylic acids is 2. The van der Waals surface area contributed by atoms with Crippen LogP contribution in [0.1, 0.15) is 22.2 Å². The van der Waals surface area contributed by atoms with Crippen molar-refractivity contribution in [1.82, 2.24) is 10.3 Å². The SMILES string of the molecule is CCOc1ccccc1C(=O)NCC(=O)OCc1cnc(-c2ccccc2)s1. The number of hydrogen-bond acceptors (Lipinski definition) is 6. The monoisotopic (exact) mass is 396 g/mol. The minimum absolute atomic E-state index is 0.120. The third kappa shape index (κ3) is 5.17. The molecule has 1 amide bonds. The molecule has 144 valence electrons. The number of para-hydroxylation sites is 1. The molecule has 0 aliphatic carbocycles. The molecule has 0 saturated carbocycles. The minimum atomic E-state index is -0.517. The van der Waals surface area contributed by atoms with Crippen LogP contribution in [0, 0.1) is 0 Å². The van der Waals surface area contributed by atoms with Crippen LogP contribution < -0.4 is 10.1 Å². The Bertz CT molecular complexity index is 940. The summed E-state index contributed by atoms with van der Waals surface area (Å²) in [6.07, 6.45) is 1.69. The lowest BCUT2D eigenvalue weighted by Crippen LogP contribution is -2.30. The summed E-state index contributed by atoms with van der Waals surface area (Å²) in [4.78, 5) is 29.4. The largest absolute Gasteiger partial charge is 0.493 e. The highest BCUT2D eigenvalue weighted by atomic mass is 32.1. The fourth-order valence-corrected chi connectivity index (χ4v) is 3.31. The van der Waals surface area contributed by atoms with E-state index < -0.39 is 5.97 Å². The molecule has 0 radical (unpaired) electrons. The number of esters is 1. The van der Waals surface area contributed by atoms with E-state index in [1.54, 1.807) is 30.5 Å². The summed E-state index contributed by atoms with van der Waals surface area (Å²) in [5, 5.41) is 3.43. The molecule has 0 spiro atoms. The van der Waals surface area contributed by atoms with Crippen molar-refractivity contribution in [3.63, 3.8) is 0 Å². The van der Waals surface area contributed by atoms with Gasteiger partial charge in [0.25, 0.3) is 5.91 Å². The molecule has 0 aliphatic rings. The molecular weight excluding hydrogens is 376 g/mol. The first-order chi connectivity index (χ1) is 13.7. The topological polar surface area (TPSA) is 77.5 Å². The third-order valence-electron chi connectivity index (χ3n) is 3.77. The number of carbonyl (C=O) groups is 2. The number of benzene rings is 2. The number of hydrogen-bond donors (Lipinski definition) is 1. The summed E-state index contributed by atoms with van der Waals surface area (Å²) in [7, 11) is 0. The van der Waals surface area contributed by atoms with E-state index in [-0.39, 0.29) is 19.1 Å². The molecule has 0 bridgehead atoms. The van der Waals surface area contributed by atoms with Gasteiger partial charge in [0.2, 0.25) is 0 Å². The smallest absolute Gasteiger partial charge is 0.325 e. The van der Waals surface area contributed by atoms with Crippen LogP contribution in [0.15, 0.2) is 60.8 Å². The van der Waals surface area contributed by atoms with Crippen molar-refractivity contribution in [3.05, 3.63) is 71.2 Å². The number of ether oxygens (including phenoxy) is 2. The van der Waals surface area contributed by atoms with Crippen LogP contribution in [-0.2, 0) is 16.1 Å². The summed E-state index contributed by atoms with van der Waals surface area (Å²) in [5.41, 5.74) is 1.40. The van der Waals surface area contributed by atoms with Gasteiger partial charge in [0, 0.05) is 11.8 Å². The van der Waals surface area contributed by atoms with Crippen molar-refractivity contribution in [2.75, 3.05) is 13.2 Å².